The summed E-state index contributed by atoms with van der Waals surface area (Å²) < 4.78 is 5.26. The fourth-order valence-corrected chi connectivity index (χ4v) is 1.80. The van der Waals surface area contributed by atoms with Gasteiger partial charge in [0, 0.05) is 19.6 Å². The molecule has 3 N–H and O–H groups in total. The summed E-state index contributed by atoms with van der Waals surface area (Å²) in [5.41, 5.74) is 4.54. The predicted octanol–water partition coefficient (Wildman–Crippen LogP) is 0.367. The van der Waals surface area contributed by atoms with Crippen LogP contribution in [0, 0.1) is 5.92 Å². The molecule has 1 saturated heterocycles. The van der Waals surface area contributed by atoms with E-state index < -0.39 is 11.7 Å². The molecule has 0 aliphatic carbocycles. The van der Waals surface area contributed by atoms with Crippen LogP contribution in [0.25, 0.3) is 0 Å². The molecule has 1 fully saturated rings. The van der Waals surface area contributed by atoms with E-state index >= 15 is 0 Å². The highest BCUT2D eigenvalue weighted by atomic mass is 32.1. The molecule has 2 amide bonds. The van der Waals surface area contributed by atoms with Gasteiger partial charge in [-0.25, -0.2) is 4.79 Å². The minimum absolute atomic E-state index is 0.199. The van der Waals surface area contributed by atoms with E-state index in [0.29, 0.717) is 11.7 Å². The van der Waals surface area contributed by atoms with E-state index in [4.69, 9.17) is 17.0 Å². The summed E-state index contributed by atoms with van der Waals surface area (Å²) in [6.07, 6.45) is -0.396. The Morgan fingerprint density at radius 3 is 2.35 bits per heavy atom. The molecule has 8 heteroatoms. The molecule has 0 radical (unpaired) electrons. The number of rotatable bonds is 1. The number of hydrogen-bond acceptors (Lipinski definition) is 4. The van der Waals surface area contributed by atoms with E-state index in [0.717, 1.165) is 0 Å². The fraction of sp³-hybridized carbons (Fsp3) is 0.750. The first-order valence-corrected chi connectivity index (χ1v) is 6.83. The standard InChI is InChI=1S/C12H22N4O3S/c1-7-8(9(17)14-15-10(20)13-5)6-16(7)11(18)19-12(2,3)4/h7-8H,6H2,1-5H3,(H,14,17)(H2,13,15,20). The Balaban J connectivity index is 2.42. The highest BCUT2D eigenvalue weighted by Gasteiger charge is 2.44. The highest BCUT2D eigenvalue weighted by molar-refractivity contribution is 7.80. The number of ether oxygens (including phenoxy) is 1. The van der Waals surface area contributed by atoms with Gasteiger partial charge in [-0.05, 0) is 39.9 Å². The molecule has 20 heavy (non-hydrogen) atoms. The van der Waals surface area contributed by atoms with Crippen molar-refractivity contribution in [1.29, 1.82) is 0 Å². The van der Waals surface area contributed by atoms with Crippen molar-refractivity contribution < 1.29 is 14.3 Å². The van der Waals surface area contributed by atoms with Gasteiger partial charge in [-0.15, -0.1) is 0 Å². The lowest BCUT2D eigenvalue weighted by atomic mass is 9.90. The third-order valence-electron chi connectivity index (χ3n) is 2.96. The minimum Gasteiger partial charge on any atom is -0.444 e. The first-order chi connectivity index (χ1) is 9.15. The van der Waals surface area contributed by atoms with Gasteiger partial charge < -0.3 is 15.0 Å². The van der Waals surface area contributed by atoms with Crippen LogP contribution < -0.4 is 16.2 Å². The van der Waals surface area contributed by atoms with Gasteiger partial charge in [0.15, 0.2) is 5.11 Å². The Morgan fingerprint density at radius 1 is 1.30 bits per heavy atom. The lowest BCUT2D eigenvalue weighted by Crippen LogP contribution is -2.64. The average molecular weight is 302 g/mol. The molecule has 0 aromatic rings. The van der Waals surface area contributed by atoms with Gasteiger partial charge in [0.2, 0.25) is 5.91 Å². The molecule has 1 heterocycles. The van der Waals surface area contributed by atoms with Gasteiger partial charge in [-0.3, -0.25) is 15.6 Å². The summed E-state index contributed by atoms with van der Waals surface area (Å²) in [5.74, 6) is -0.468. The van der Waals surface area contributed by atoms with Crippen LogP contribution in [0.2, 0.25) is 0 Å². The average Bonchev–Trinajstić information content (AvgIpc) is 2.31. The first-order valence-electron chi connectivity index (χ1n) is 6.43. The van der Waals surface area contributed by atoms with Crippen molar-refractivity contribution in [3.8, 4) is 0 Å². The molecular formula is C12H22N4O3S. The molecule has 2 atom stereocenters. The molecular weight excluding hydrogens is 280 g/mol. The van der Waals surface area contributed by atoms with Crippen molar-refractivity contribution in [2.24, 2.45) is 5.92 Å². The molecule has 114 valence electrons. The zero-order valence-electron chi connectivity index (χ0n) is 12.4. The number of hydrogen-bond donors (Lipinski definition) is 3. The largest absolute Gasteiger partial charge is 0.444 e. The second-order valence-corrected chi connectivity index (χ2v) is 6.08. The highest BCUT2D eigenvalue weighted by Crippen LogP contribution is 2.26. The maximum absolute atomic E-state index is 11.9. The van der Waals surface area contributed by atoms with Crippen molar-refractivity contribution in [1.82, 2.24) is 21.1 Å². The Kier molecular flexibility index (Phi) is 5.15. The predicted molar refractivity (Wildman–Crippen MR) is 78.8 cm³/mol. The van der Waals surface area contributed by atoms with Crippen LogP contribution in [-0.2, 0) is 9.53 Å². The number of amides is 2. The molecule has 2 unspecified atom stereocenters. The smallest absolute Gasteiger partial charge is 0.410 e. The maximum atomic E-state index is 11.9. The monoisotopic (exact) mass is 302 g/mol. The van der Waals surface area contributed by atoms with E-state index in [1.54, 1.807) is 7.05 Å². The van der Waals surface area contributed by atoms with Gasteiger partial charge in [0.05, 0.1) is 5.92 Å². The topological polar surface area (TPSA) is 82.7 Å². The third kappa shape index (κ3) is 4.22. The molecule has 0 bridgehead atoms. The van der Waals surface area contributed by atoms with Gasteiger partial charge in [-0.1, -0.05) is 0 Å². The summed E-state index contributed by atoms with van der Waals surface area (Å²) in [4.78, 5) is 25.3. The van der Waals surface area contributed by atoms with E-state index in [2.05, 4.69) is 16.2 Å². The number of nitrogens with zero attached hydrogens (tertiary/aromatic N) is 1. The van der Waals surface area contributed by atoms with Crippen LogP contribution in [0.1, 0.15) is 27.7 Å². The fourth-order valence-electron chi connectivity index (χ4n) is 1.75. The van der Waals surface area contributed by atoms with Crippen molar-refractivity contribution >= 4 is 29.3 Å². The molecule has 0 aromatic heterocycles. The summed E-state index contributed by atoms with van der Waals surface area (Å²) >= 11 is 4.85. The van der Waals surface area contributed by atoms with Gasteiger partial charge in [-0.2, -0.15) is 0 Å². The molecule has 0 saturated carbocycles. The number of likely N-dealkylation sites (tertiary alicyclic amines) is 1. The number of hydrazine groups is 1. The quantitative estimate of drug-likeness (QED) is 0.479. The summed E-state index contributed by atoms with van der Waals surface area (Å²) in [7, 11) is 1.65. The zero-order valence-corrected chi connectivity index (χ0v) is 13.3. The zero-order chi connectivity index (χ0) is 15.5. The van der Waals surface area contributed by atoms with Gasteiger partial charge in [0.25, 0.3) is 0 Å². The van der Waals surface area contributed by atoms with Crippen molar-refractivity contribution in [3.63, 3.8) is 0 Å². The molecule has 1 rings (SSSR count). The first kappa shape index (κ1) is 16.5. The number of carbonyl (C=O) groups excluding carboxylic acids is 2. The van der Waals surface area contributed by atoms with Crippen LogP contribution in [0.3, 0.4) is 0 Å². The number of nitrogens with one attached hydrogen (secondary N) is 3. The lowest BCUT2D eigenvalue weighted by Gasteiger charge is -2.45. The normalized spacial score (nSPS) is 21.6. The lowest BCUT2D eigenvalue weighted by molar-refractivity contribution is -0.133. The Labute approximate surface area is 124 Å². The molecule has 1 aliphatic rings. The van der Waals surface area contributed by atoms with E-state index in [-0.39, 0.29) is 17.9 Å². The minimum atomic E-state index is -0.537. The van der Waals surface area contributed by atoms with Crippen LogP contribution in [0.4, 0.5) is 4.79 Å². The van der Waals surface area contributed by atoms with Gasteiger partial charge >= 0.3 is 6.09 Å². The third-order valence-corrected chi connectivity index (χ3v) is 3.26. The summed E-state index contributed by atoms with van der Waals surface area (Å²) in [6.45, 7) is 7.58. The Morgan fingerprint density at radius 2 is 1.90 bits per heavy atom. The van der Waals surface area contributed by atoms with Crippen LogP contribution in [-0.4, -0.2) is 47.2 Å². The van der Waals surface area contributed by atoms with Crippen LogP contribution in [0.15, 0.2) is 0 Å². The van der Waals surface area contributed by atoms with Crippen molar-refractivity contribution in [3.05, 3.63) is 0 Å². The van der Waals surface area contributed by atoms with Crippen molar-refractivity contribution in [2.75, 3.05) is 13.6 Å². The maximum Gasteiger partial charge on any atom is 0.410 e. The second-order valence-electron chi connectivity index (χ2n) is 5.67. The summed E-state index contributed by atoms with van der Waals surface area (Å²) in [5, 5.41) is 3.01. The Hall–Kier alpha value is -1.57. The SMILES string of the molecule is CNC(=S)NNC(=O)C1CN(C(=O)OC(C)(C)C)C1C. The Bertz CT molecular complexity index is 408. The second kappa shape index (κ2) is 6.25. The van der Waals surface area contributed by atoms with E-state index in [1.165, 1.54) is 4.90 Å². The van der Waals surface area contributed by atoms with Crippen LogP contribution in [0.5, 0.6) is 0 Å². The molecule has 7 nitrogen and oxygen atoms in total. The van der Waals surface area contributed by atoms with E-state index in [9.17, 15) is 9.59 Å². The molecule has 0 spiro atoms. The number of carbonyl (C=O) groups is 2. The molecule has 1 aliphatic heterocycles. The van der Waals surface area contributed by atoms with Crippen LogP contribution >= 0.6 is 12.2 Å². The summed E-state index contributed by atoms with van der Waals surface area (Å²) in [6, 6.07) is -0.199. The van der Waals surface area contributed by atoms with Gasteiger partial charge in [0.1, 0.15) is 5.60 Å². The number of thiocarbonyl (C=S) groups is 1. The van der Waals surface area contributed by atoms with E-state index in [1.807, 2.05) is 27.7 Å². The van der Waals surface area contributed by atoms with Crippen molar-refractivity contribution in [2.45, 2.75) is 39.3 Å². The molecule has 0 aromatic carbocycles.